The van der Waals surface area contributed by atoms with Gasteiger partial charge in [-0.05, 0) is 38.2 Å². The molecule has 1 N–H and O–H groups in total. The molecule has 0 aromatic carbocycles. The van der Waals surface area contributed by atoms with Gasteiger partial charge in [0.25, 0.3) is 5.91 Å². The van der Waals surface area contributed by atoms with Gasteiger partial charge in [0.15, 0.2) is 0 Å². The number of nitrogens with zero attached hydrogens (tertiary/aromatic N) is 2. The lowest BCUT2D eigenvalue weighted by Crippen LogP contribution is -2.39. The molecule has 6 heteroatoms. The van der Waals surface area contributed by atoms with Crippen LogP contribution in [-0.4, -0.2) is 51.0 Å². The van der Waals surface area contributed by atoms with Gasteiger partial charge in [0, 0.05) is 18.3 Å². The van der Waals surface area contributed by atoms with Gasteiger partial charge in [-0.2, -0.15) is 11.8 Å². The lowest BCUT2D eigenvalue weighted by Gasteiger charge is -2.26. The number of thioether (sulfide) groups is 1. The lowest BCUT2D eigenvalue weighted by atomic mass is 10.1. The number of rotatable bonds is 2. The minimum absolute atomic E-state index is 0.111. The maximum Gasteiger partial charge on any atom is 0.337 e. The fraction of sp³-hybridized carbons (Fsp3) is 0.500. The third-order valence-corrected chi connectivity index (χ3v) is 4.48. The third kappa shape index (κ3) is 3.12. The molecular weight excluding hydrogens is 276 g/mol. The van der Waals surface area contributed by atoms with E-state index in [1.54, 1.807) is 6.92 Å². The summed E-state index contributed by atoms with van der Waals surface area (Å²) >= 11 is 1.85. The zero-order valence-electron chi connectivity index (χ0n) is 11.6. The van der Waals surface area contributed by atoms with Crippen LogP contribution in [0.1, 0.15) is 39.9 Å². The molecule has 0 aliphatic carbocycles. The molecule has 1 aromatic heterocycles. The SMILES string of the molecule is Cc1nc(C(=O)N2CCSCCC2C)ccc1C(=O)O. The molecule has 5 nitrogen and oxygen atoms in total. The number of carbonyl (C=O) groups is 2. The number of amides is 1. The molecule has 1 aromatic rings. The Morgan fingerprint density at radius 1 is 1.40 bits per heavy atom. The Kier molecular flexibility index (Phi) is 4.65. The van der Waals surface area contributed by atoms with Crippen molar-refractivity contribution < 1.29 is 14.7 Å². The minimum Gasteiger partial charge on any atom is -0.478 e. The Bertz CT molecular complexity index is 533. The van der Waals surface area contributed by atoms with Gasteiger partial charge in [-0.25, -0.2) is 9.78 Å². The van der Waals surface area contributed by atoms with Crippen LogP contribution in [0.2, 0.25) is 0 Å². The molecule has 1 atom stereocenters. The largest absolute Gasteiger partial charge is 0.478 e. The zero-order chi connectivity index (χ0) is 14.7. The molecule has 1 aliphatic heterocycles. The number of carbonyl (C=O) groups excluding carboxylic acids is 1. The van der Waals surface area contributed by atoms with Crippen molar-refractivity contribution in [3.8, 4) is 0 Å². The van der Waals surface area contributed by atoms with Gasteiger partial charge < -0.3 is 10.0 Å². The van der Waals surface area contributed by atoms with E-state index in [1.165, 1.54) is 12.1 Å². The molecule has 0 saturated carbocycles. The summed E-state index contributed by atoms with van der Waals surface area (Å²) in [6.07, 6.45) is 0.975. The van der Waals surface area contributed by atoms with E-state index in [-0.39, 0.29) is 17.5 Å². The number of carboxylic acid groups (broad SMARTS) is 1. The van der Waals surface area contributed by atoms with Gasteiger partial charge in [0.2, 0.25) is 0 Å². The van der Waals surface area contributed by atoms with Gasteiger partial charge in [0.05, 0.1) is 11.3 Å². The van der Waals surface area contributed by atoms with Crippen molar-refractivity contribution in [2.75, 3.05) is 18.1 Å². The van der Waals surface area contributed by atoms with Crippen LogP contribution in [0, 0.1) is 6.92 Å². The van der Waals surface area contributed by atoms with E-state index in [2.05, 4.69) is 4.98 Å². The first-order valence-corrected chi connectivity index (χ1v) is 7.76. The Labute approximate surface area is 122 Å². The average Bonchev–Trinajstić information content (AvgIpc) is 2.62. The second-order valence-electron chi connectivity index (χ2n) is 4.88. The van der Waals surface area contributed by atoms with E-state index < -0.39 is 5.97 Å². The van der Waals surface area contributed by atoms with Crippen molar-refractivity contribution in [1.29, 1.82) is 0 Å². The predicted octanol–water partition coefficient (Wildman–Crippen LogP) is 2.06. The van der Waals surface area contributed by atoms with Crippen LogP contribution in [0.25, 0.3) is 0 Å². The molecule has 0 bridgehead atoms. The number of pyridine rings is 1. The molecule has 1 unspecified atom stereocenters. The summed E-state index contributed by atoms with van der Waals surface area (Å²) in [5.74, 6) is 0.867. The summed E-state index contributed by atoms with van der Waals surface area (Å²) in [7, 11) is 0. The van der Waals surface area contributed by atoms with Crippen molar-refractivity contribution in [2.45, 2.75) is 26.3 Å². The lowest BCUT2D eigenvalue weighted by molar-refractivity contribution is 0.0681. The first-order chi connectivity index (χ1) is 9.50. The van der Waals surface area contributed by atoms with Gasteiger partial charge in [0.1, 0.15) is 5.69 Å². The first-order valence-electron chi connectivity index (χ1n) is 6.60. The van der Waals surface area contributed by atoms with Crippen molar-refractivity contribution in [3.05, 3.63) is 29.1 Å². The van der Waals surface area contributed by atoms with Gasteiger partial charge in [-0.1, -0.05) is 0 Å². The number of aromatic carboxylic acids is 1. The minimum atomic E-state index is -1.02. The molecule has 2 heterocycles. The third-order valence-electron chi connectivity index (χ3n) is 3.48. The highest BCUT2D eigenvalue weighted by Crippen LogP contribution is 2.18. The molecule has 0 radical (unpaired) electrons. The average molecular weight is 294 g/mol. The summed E-state index contributed by atoms with van der Waals surface area (Å²) in [5.41, 5.74) is 0.840. The summed E-state index contributed by atoms with van der Waals surface area (Å²) in [4.78, 5) is 29.5. The number of hydrogen-bond donors (Lipinski definition) is 1. The summed E-state index contributed by atoms with van der Waals surface area (Å²) in [6, 6.07) is 3.15. The van der Waals surface area contributed by atoms with Crippen molar-refractivity contribution in [1.82, 2.24) is 9.88 Å². The summed E-state index contributed by atoms with van der Waals surface area (Å²) in [5, 5.41) is 8.99. The molecule has 20 heavy (non-hydrogen) atoms. The van der Waals surface area contributed by atoms with E-state index >= 15 is 0 Å². The number of hydrogen-bond acceptors (Lipinski definition) is 4. The number of aryl methyl sites for hydroxylation is 1. The van der Waals surface area contributed by atoms with E-state index in [0.29, 0.717) is 17.9 Å². The van der Waals surface area contributed by atoms with E-state index in [9.17, 15) is 9.59 Å². The fourth-order valence-electron chi connectivity index (χ4n) is 2.25. The standard InChI is InChI=1S/C14H18N2O3S/c1-9-5-7-20-8-6-16(9)13(17)12-4-3-11(14(18)19)10(2)15-12/h3-4,9H,5-8H2,1-2H3,(H,18,19). The number of aromatic nitrogens is 1. The molecule has 1 aliphatic rings. The van der Waals surface area contributed by atoms with Crippen LogP contribution < -0.4 is 0 Å². The van der Waals surface area contributed by atoms with Crippen LogP contribution >= 0.6 is 11.8 Å². The molecule has 1 fully saturated rings. The topological polar surface area (TPSA) is 70.5 Å². The maximum atomic E-state index is 12.5. The molecule has 108 valence electrons. The molecule has 2 rings (SSSR count). The van der Waals surface area contributed by atoms with Gasteiger partial charge in [-0.15, -0.1) is 0 Å². The van der Waals surface area contributed by atoms with Crippen molar-refractivity contribution >= 4 is 23.6 Å². The Hall–Kier alpha value is -1.56. The maximum absolute atomic E-state index is 12.5. The van der Waals surface area contributed by atoms with Gasteiger partial charge in [-0.3, -0.25) is 4.79 Å². The monoisotopic (exact) mass is 294 g/mol. The highest BCUT2D eigenvalue weighted by molar-refractivity contribution is 7.99. The van der Waals surface area contributed by atoms with Crippen LogP contribution in [0.5, 0.6) is 0 Å². The second-order valence-corrected chi connectivity index (χ2v) is 6.11. The number of carboxylic acids is 1. The predicted molar refractivity (Wildman–Crippen MR) is 78.4 cm³/mol. The van der Waals surface area contributed by atoms with Gasteiger partial charge >= 0.3 is 5.97 Å². The quantitative estimate of drug-likeness (QED) is 0.904. The molecule has 0 spiro atoms. The van der Waals surface area contributed by atoms with Crippen molar-refractivity contribution in [3.63, 3.8) is 0 Å². The zero-order valence-corrected chi connectivity index (χ0v) is 12.4. The smallest absolute Gasteiger partial charge is 0.337 e. The van der Waals surface area contributed by atoms with Crippen LogP contribution in [0.4, 0.5) is 0 Å². The second kappa shape index (κ2) is 6.26. The van der Waals surface area contributed by atoms with Crippen LogP contribution in [0.3, 0.4) is 0 Å². The van der Waals surface area contributed by atoms with Crippen LogP contribution in [0.15, 0.2) is 12.1 Å². The Morgan fingerprint density at radius 3 is 2.80 bits per heavy atom. The molecular formula is C14H18N2O3S. The first kappa shape index (κ1) is 14.8. The fourth-order valence-corrected chi connectivity index (χ4v) is 3.29. The highest BCUT2D eigenvalue weighted by Gasteiger charge is 2.24. The molecule has 1 saturated heterocycles. The Balaban J connectivity index is 2.24. The molecule has 1 amide bonds. The Morgan fingerprint density at radius 2 is 2.15 bits per heavy atom. The van der Waals surface area contributed by atoms with Crippen LogP contribution in [-0.2, 0) is 0 Å². The van der Waals surface area contributed by atoms with E-state index in [4.69, 9.17) is 5.11 Å². The summed E-state index contributed by atoms with van der Waals surface area (Å²) < 4.78 is 0. The van der Waals surface area contributed by atoms with Crippen molar-refractivity contribution in [2.24, 2.45) is 0 Å². The summed E-state index contributed by atoms with van der Waals surface area (Å²) in [6.45, 7) is 4.37. The highest BCUT2D eigenvalue weighted by atomic mass is 32.2. The van der Waals surface area contributed by atoms with E-state index in [1.807, 2.05) is 23.6 Å². The normalized spacial score (nSPS) is 19.5. The van der Waals surface area contributed by atoms with E-state index in [0.717, 1.165) is 17.9 Å².